The van der Waals surface area contributed by atoms with Crippen LogP contribution in [-0.2, 0) is 9.84 Å². The maximum Gasteiger partial charge on any atom is 0.175 e. The van der Waals surface area contributed by atoms with Gasteiger partial charge in [0.15, 0.2) is 9.84 Å². The van der Waals surface area contributed by atoms with Gasteiger partial charge in [0.1, 0.15) is 0 Å². The van der Waals surface area contributed by atoms with E-state index < -0.39 is 15.9 Å². The van der Waals surface area contributed by atoms with Crippen molar-refractivity contribution >= 4 is 21.4 Å². The van der Waals surface area contributed by atoms with Crippen LogP contribution in [0.3, 0.4) is 0 Å². The SMILES string of the molecule is CS(=O)(=O)c1ccc(Cl)cc1C(O)CN. The summed E-state index contributed by atoms with van der Waals surface area (Å²) in [6.45, 7) is -0.0527. The Kier molecular flexibility index (Phi) is 3.72. The summed E-state index contributed by atoms with van der Waals surface area (Å²) in [5, 5.41) is 9.92. The van der Waals surface area contributed by atoms with Gasteiger partial charge in [-0.1, -0.05) is 11.6 Å². The van der Waals surface area contributed by atoms with Crippen LogP contribution in [0.1, 0.15) is 11.7 Å². The molecule has 0 spiro atoms. The summed E-state index contributed by atoms with van der Waals surface area (Å²) in [5.41, 5.74) is 5.52. The van der Waals surface area contributed by atoms with E-state index >= 15 is 0 Å². The third-order valence-electron chi connectivity index (χ3n) is 1.95. The Bertz CT molecular complexity index is 458. The van der Waals surface area contributed by atoms with Gasteiger partial charge >= 0.3 is 0 Å². The lowest BCUT2D eigenvalue weighted by atomic mass is 10.1. The molecule has 0 fully saturated rings. The van der Waals surface area contributed by atoms with Gasteiger partial charge < -0.3 is 10.8 Å². The van der Waals surface area contributed by atoms with Gasteiger partial charge in [-0.25, -0.2) is 8.42 Å². The summed E-state index contributed by atoms with van der Waals surface area (Å²) in [4.78, 5) is 0.0600. The minimum atomic E-state index is -3.38. The predicted octanol–water partition coefficient (Wildman–Crippen LogP) is 0.736. The molecule has 0 aliphatic carbocycles. The standard InChI is InChI=1S/C9H12ClNO3S/c1-15(13,14)9-3-2-6(10)4-7(9)8(12)5-11/h2-4,8,12H,5,11H2,1H3. The van der Waals surface area contributed by atoms with Crippen LogP contribution in [0.15, 0.2) is 23.1 Å². The van der Waals surface area contributed by atoms with Gasteiger partial charge in [-0.15, -0.1) is 0 Å². The molecular formula is C9H12ClNO3S. The molecule has 0 saturated heterocycles. The summed E-state index contributed by atoms with van der Waals surface area (Å²) < 4.78 is 22.8. The Balaban J connectivity index is 3.40. The smallest absolute Gasteiger partial charge is 0.175 e. The monoisotopic (exact) mass is 249 g/mol. The van der Waals surface area contributed by atoms with Crippen molar-refractivity contribution in [1.29, 1.82) is 0 Å². The van der Waals surface area contributed by atoms with Crippen LogP contribution in [0.5, 0.6) is 0 Å². The molecule has 0 aliphatic rings. The van der Waals surface area contributed by atoms with Crippen molar-refractivity contribution in [3.05, 3.63) is 28.8 Å². The Hall–Kier alpha value is -0.620. The van der Waals surface area contributed by atoms with E-state index in [2.05, 4.69) is 0 Å². The number of aliphatic hydroxyl groups excluding tert-OH is 1. The number of aliphatic hydroxyl groups is 1. The van der Waals surface area contributed by atoms with E-state index in [0.717, 1.165) is 6.26 Å². The fraction of sp³-hybridized carbons (Fsp3) is 0.333. The van der Waals surface area contributed by atoms with Crippen LogP contribution in [0.25, 0.3) is 0 Å². The molecule has 0 saturated carbocycles. The molecular weight excluding hydrogens is 238 g/mol. The third kappa shape index (κ3) is 2.92. The zero-order chi connectivity index (χ0) is 11.6. The van der Waals surface area contributed by atoms with Crippen molar-refractivity contribution in [3.63, 3.8) is 0 Å². The van der Waals surface area contributed by atoms with Crippen molar-refractivity contribution in [2.45, 2.75) is 11.0 Å². The Morgan fingerprint density at radius 3 is 2.60 bits per heavy atom. The van der Waals surface area contributed by atoms with Gasteiger partial charge in [-0.05, 0) is 18.2 Å². The molecule has 0 radical (unpaired) electrons. The fourth-order valence-electron chi connectivity index (χ4n) is 1.24. The van der Waals surface area contributed by atoms with E-state index in [-0.39, 0.29) is 17.0 Å². The molecule has 1 atom stereocenters. The highest BCUT2D eigenvalue weighted by Gasteiger charge is 2.18. The lowest BCUT2D eigenvalue weighted by Crippen LogP contribution is -2.15. The maximum atomic E-state index is 11.4. The second-order valence-corrected chi connectivity index (χ2v) is 5.63. The first kappa shape index (κ1) is 12.4. The first-order valence-electron chi connectivity index (χ1n) is 4.24. The number of hydrogen-bond acceptors (Lipinski definition) is 4. The minimum Gasteiger partial charge on any atom is -0.387 e. The molecule has 0 bridgehead atoms. The summed E-state index contributed by atoms with van der Waals surface area (Å²) in [6.07, 6.45) is 0.0524. The van der Waals surface area contributed by atoms with E-state index in [4.69, 9.17) is 17.3 Å². The first-order valence-corrected chi connectivity index (χ1v) is 6.51. The Morgan fingerprint density at radius 2 is 2.13 bits per heavy atom. The second-order valence-electron chi connectivity index (χ2n) is 3.21. The molecule has 15 heavy (non-hydrogen) atoms. The molecule has 0 aliphatic heterocycles. The van der Waals surface area contributed by atoms with Gasteiger partial charge in [0.25, 0.3) is 0 Å². The van der Waals surface area contributed by atoms with E-state index in [1.807, 2.05) is 0 Å². The van der Waals surface area contributed by atoms with Crippen molar-refractivity contribution < 1.29 is 13.5 Å². The van der Waals surface area contributed by atoms with Crippen LogP contribution in [0.4, 0.5) is 0 Å². The molecule has 6 heteroatoms. The average molecular weight is 250 g/mol. The Morgan fingerprint density at radius 1 is 1.53 bits per heavy atom. The molecule has 1 aromatic rings. The highest BCUT2D eigenvalue weighted by molar-refractivity contribution is 7.90. The summed E-state index contributed by atoms with van der Waals surface area (Å²) >= 11 is 5.72. The largest absolute Gasteiger partial charge is 0.387 e. The van der Waals surface area contributed by atoms with E-state index in [9.17, 15) is 13.5 Å². The van der Waals surface area contributed by atoms with Crippen molar-refractivity contribution in [2.75, 3.05) is 12.8 Å². The van der Waals surface area contributed by atoms with Crippen molar-refractivity contribution in [3.8, 4) is 0 Å². The molecule has 3 N–H and O–H groups in total. The Labute approximate surface area is 93.6 Å². The van der Waals surface area contributed by atoms with E-state index in [1.165, 1.54) is 18.2 Å². The molecule has 1 rings (SSSR count). The van der Waals surface area contributed by atoms with Gasteiger partial charge in [-0.3, -0.25) is 0 Å². The quantitative estimate of drug-likeness (QED) is 0.828. The first-order chi connectivity index (χ1) is 6.86. The van der Waals surface area contributed by atoms with Crippen LogP contribution in [0, 0.1) is 0 Å². The molecule has 84 valence electrons. The third-order valence-corrected chi connectivity index (χ3v) is 3.36. The molecule has 0 aromatic heterocycles. The van der Waals surface area contributed by atoms with E-state index in [0.29, 0.717) is 5.02 Å². The minimum absolute atomic E-state index is 0.0527. The molecule has 0 heterocycles. The molecule has 1 unspecified atom stereocenters. The highest BCUT2D eigenvalue weighted by Crippen LogP contribution is 2.25. The highest BCUT2D eigenvalue weighted by atomic mass is 35.5. The zero-order valence-electron chi connectivity index (χ0n) is 8.14. The second kappa shape index (κ2) is 4.49. The number of rotatable bonds is 3. The number of halogens is 1. The zero-order valence-corrected chi connectivity index (χ0v) is 9.72. The summed E-state index contributed by atoms with van der Waals surface area (Å²) in [6, 6.07) is 4.24. The van der Waals surface area contributed by atoms with Crippen molar-refractivity contribution in [2.24, 2.45) is 5.73 Å². The fourth-order valence-corrected chi connectivity index (χ4v) is 2.36. The normalized spacial score (nSPS) is 13.9. The van der Waals surface area contributed by atoms with Crippen LogP contribution >= 0.6 is 11.6 Å². The maximum absolute atomic E-state index is 11.4. The van der Waals surface area contributed by atoms with Gasteiger partial charge in [0.2, 0.25) is 0 Å². The van der Waals surface area contributed by atoms with Crippen LogP contribution < -0.4 is 5.73 Å². The molecule has 1 aromatic carbocycles. The van der Waals surface area contributed by atoms with Gasteiger partial charge in [0.05, 0.1) is 11.0 Å². The summed E-state index contributed by atoms with van der Waals surface area (Å²) in [7, 11) is -3.38. The number of nitrogens with two attached hydrogens (primary N) is 1. The van der Waals surface area contributed by atoms with Crippen LogP contribution in [0.2, 0.25) is 5.02 Å². The molecule has 4 nitrogen and oxygen atoms in total. The number of hydrogen-bond donors (Lipinski definition) is 2. The van der Waals surface area contributed by atoms with Crippen LogP contribution in [-0.4, -0.2) is 26.3 Å². The lowest BCUT2D eigenvalue weighted by Gasteiger charge is -2.12. The number of sulfone groups is 1. The van der Waals surface area contributed by atoms with Gasteiger partial charge in [-0.2, -0.15) is 0 Å². The average Bonchev–Trinajstić information content (AvgIpc) is 2.14. The van der Waals surface area contributed by atoms with E-state index in [1.54, 1.807) is 0 Å². The predicted molar refractivity (Wildman–Crippen MR) is 58.6 cm³/mol. The summed E-state index contributed by atoms with van der Waals surface area (Å²) in [5.74, 6) is 0. The molecule has 0 amide bonds. The topological polar surface area (TPSA) is 80.4 Å². The van der Waals surface area contributed by atoms with Gasteiger partial charge in [0, 0.05) is 23.4 Å². The van der Waals surface area contributed by atoms with Crippen molar-refractivity contribution in [1.82, 2.24) is 0 Å². The lowest BCUT2D eigenvalue weighted by molar-refractivity contribution is 0.183. The number of benzene rings is 1.